The van der Waals surface area contributed by atoms with Gasteiger partial charge in [-0.2, -0.15) is 5.10 Å². The van der Waals surface area contributed by atoms with Crippen molar-refractivity contribution in [2.75, 3.05) is 12.2 Å². The zero-order valence-electron chi connectivity index (χ0n) is 12.0. The van der Waals surface area contributed by atoms with Gasteiger partial charge in [0.15, 0.2) is 0 Å². The van der Waals surface area contributed by atoms with Crippen LogP contribution >= 0.6 is 23.4 Å². The Hall–Kier alpha value is -1.47. The molecule has 8 heteroatoms. The molecule has 2 aromatic heterocycles. The van der Waals surface area contributed by atoms with Crippen LogP contribution < -0.4 is 5.56 Å². The second-order valence-electron chi connectivity index (χ2n) is 4.81. The van der Waals surface area contributed by atoms with Crippen molar-refractivity contribution >= 4 is 34.8 Å². The summed E-state index contributed by atoms with van der Waals surface area (Å²) in [6, 6.07) is 1.57. The third-order valence-electron chi connectivity index (χ3n) is 2.84. The molecule has 0 aromatic carbocycles. The molecule has 2 rings (SSSR count). The quantitative estimate of drug-likeness (QED) is 0.621. The van der Waals surface area contributed by atoms with Crippen molar-refractivity contribution in [2.45, 2.75) is 26.3 Å². The summed E-state index contributed by atoms with van der Waals surface area (Å²) in [6.45, 7) is 3.70. The normalized spacial score (nSPS) is 11.3. The molecule has 0 spiro atoms. The van der Waals surface area contributed by atoms with Crippen LogP contribution in [0.4, 0.5) is 0 Å². The van der Waals surface area contributed by atoms with Crippen molar-refractivity contribution in [3.63, 3.8) is 0 Å². The highest BCUT2D eigenvalue weighted by Crippen LogP contribution is 2.17. The SMILES string of the molecule is CSCOC(=O)Cn1nc(C(C)C)n2cc(Cl)cc2c1=O. The number of hydrogen-bond acceptors (Lipinski definition) is 5. The smallest absolute Gasteiger partial charge is 0.328 e. The van der Waals surface area contributed by atoms with Crippen LogP contribution in [0.25, 0.3) is 5.52 Å². The number of esters is 1. The molecule has 114 valence electrons. The van der Waals surface area contributed by atoms with Crippen LogP contribution in [0, 0.1) is 0 Å². The molecule has 0 radical (unpaired) electrons. The van der Waals surface area contributed by atoms with Crippen molar-refractivity contribution in [1.29, 1.82) is 0 Å². The fraction of sp³-hybridized carbons (Fsp3) is 0.462. The maximum atomic E-state index is 12.3. The van der Waals surface area contributed by atoms with Gasteiger partial charge in [-0.1, -0.05) is 25.4 Å². The lowest BCUT2D eigenvalue weighted by Gasteiger charge is -2.12. The number of nitrogens with zero attached hydrogens (tertiary/aromatic N) is 3. The summed E-state index contributed by atoms with van der Waals surface area (Å²) in [7, 11) is 0. The second-order valence-corrected chi connectivity index (χ2v) is 6.06. The van der Waals surface area contributed by atoms with E-state index in [1.54, 1.807) is 16.7 Å². The summed E-state index contributed by atoms with van der Waals surface area (Å²) in [5, 5.41) is 4.72. The molecule has 21 heavy (non-hydrogen) atoms. The molecule has 0 saturated carbocycles. The van der Waals surface area contributed by atoms with E-state index in [2.05, 4.69) is 5.10 Å². The minimum Gasteiger partial charge on any atom is -0.453 e. The second kappa shape index (κ2) is 6.53. The summed E-state index contributed by atoms with van der Waals surface area (Å²) in [6.07, 6.45) is 3.47. The van der Waals surface area contributed by atoms with Gasteiger partial charge in [0.25, 0.3) is 5.56 Å². The van der Waals surface area contributed by atoms with E-state index in [0.717, 1.165) is 4.68 Å². The van der Waals surface area contributed by atoms with E-state index in [9.17, 15) is 9.59 Å². The molecule has 0 unspecified atom stereocenters. The zero-order valence-corrected chi connectivity index (χ0v) is 13.6. The number of carbonyl (C=O) groups is 1. The summed E-state index contributed by atoms with van der Waals surface area (Å²) in [4.78, 5) is 24.0. The third-order valence-corrected chi connectivity index (χ3v) is 3.40. The summed E-state index contributed by atoms with van der Waals surface area (Å²) < 4.78 is 7.75. The van der Waals surface area contributed by atoms with E-state index in [1.165, 1.54) is 11.8 Å². The van der Waals surface area contributed by atoms with E-state index in [4.69, 9.17) is 16.3 Å². The highest BCUT2D eigenvalue weighted by Gasteiger charge is 2.16. The predicted octanol–water partition coefficient (Wildman–Crippen LogP) is 2.14. The molecule has 0 N–H and O–H groups in total. The number of halogens is 1. The topological polar surface area (TPSA) is 65.6 Å². The number of thioether (sulfide) groups is 1. The average molecular weight is 330 g/mol. The Morgan fingerprint density at radius 2 is 2.24 bits per heavy atom. The lowest BCUT2D eigenvalue weighted by Crippen LogP contribution is -2.30. The molecule has 6 nitrogen and oxygen atoms in total. The molecule has 0 aliphatic carbocycles. The zero-order chi connectivity index (χ0) is 15.6. The van der Waals surface area contributed by atoms with E-state index in [1.807, 2.05) is 20.1 Å². The van der Waals surface area contributed by atoms with E-state index in [0.29, 0.717) is 16.4 Å². The van der Waals surface area contributed by atoms with Gasteiger partial charge in [-0.25, -0.2) is 4.68 Å². The molecule has 0 amide bonds. The predicted molar refractivity (Wildman–Crippen MR) is 83.0 cm³/mol. The first-order valence-corrected chi connectivity index (χ1v) is 8.14. The van der Waals surface area contributed by atoms with Gasteiger partial charge in [0, 0.05) is 12.1 Å². The van der Waals surface area contributed by atoms with Crippen LogP contribution in [0.2, 0.25) is 5.02 Å². The Morgan fingerprint density at radius 1 is 1.52 bits per heavy atom. The van der Waals surface area contributed by atoms with Crippen molar-refractivity contribution in [3.8, 4) is 0 Å². The fourth-order valence-corrected chi connectivity index (χ4v) is 2.38. The molecule has 0 atom stereocenters. The van der Waals surface area contributed by atoms with Gasteiger partial charge in [-0.15, -0.1) is 11.8 Å². The van der Waals surface area contributed by atoms with Crippen LogP contribution in [-0.2, 0) is 16.1 Å². The summed E-state index contributed by atoms with van der Waals surface area (Å²) >= 11 is 7.35. The lowest BCUT2D eigenvalue weighted by molar-refractivity contribution is -0.142. The number of rotatable bonds is 5. The van der Waals surface area contributed by atoms with Gasteiger partial charge >= 0.3 is 5.97 Å². The molecule has 0 saturated heterocycles. The van der Waals surface area contributed by atoms with Gasteiger partial charge in [0.05, 0.1) is 5.02 Å². The highest BCUT2D eigenvalue weighted by molar-refractivity contribution is 7.98. The third kappa shape index (κ3) is 3.41. The fourth-order valence-electron chi connectivity index (χ4n) is 1.93. The lowest BCUT2D eigenvalue weighted by atomic mass is 10.2. The maximum Gasteiger partial charge on any atom is 0.328 e. The molecule has 0 bridgehead atoms. The van der Waals surface area contributed by atoms with E-state index in [-0.39, 0.29) is 24.0 Å². The van der Waals surface area contributed by atoms with Crippen LogP contribution in [0.3, 0.4) is 0 Å². The molecule has 2 aromatic rings. The molecule has 0 aliphatic heterocycles. The van der Waals surface area contributed by atoms with Crippen LogP contribution in [0.1, 0.15) is 25.6 Å². The Labute approximate surface area is 131 Å². The Kier molecular flexibility index (Phi) is 4.95. The van der Waals surface area contributed by atoms with Gasteiger partial charge in [0.2, 0.25) is 0 Å². The average Bonchev–Trinajstić information content (AvgIpc) is 2.81. The molecular formula is C13H16ClN3O3S. The van der Waals surface area contributed by atoms with Gasteiger partial charge in [-0.3, -0.25) is 14.0 Å². The Balaban J connectivity index is 2.47. The van der Waals surface area contributed by atoms with Crippen LogP contribution in [-0.4, -0.2) is 32.3 Å². The van der Waals surface area contributed by atoms with Gasteiger partial charge in [0.1, 0.15) is 23.8 Å². The number of ether oxygens (including phenoxy) is 1. The number of hydrogen-bond donors (Lipinski definition) is 0. The summed E-state index contributed by atoms with van der Waals surface area (Å²) in [5.74, 6) is 0.499. The molecule has 0 aliphatic rings. The van der Waals surface area contributed by atoms with E-state index >= 15 is 0 Å². The minimum absolute atomic E-state index is 0.0741. The monoisotopic (exact) mass is 329 g/mol. The molecular weight excluding hydrogens is 314 g/mol. The van der Waals surface area contributed by atoms with Crippen molar-refractivity contribution < 1.29 is 9.53 Å². The van der Waals surface area contributed by atoms with Crippen molar-refractivity contribution in [3.05, 3.63) is 33.5 Å². The Morgan fingerprint density at radius 3 is 2.86 bits per heavy atom. The standard InChI is InChI=1S/C13H16ClN3O3S/c1-8(2)12-15-17(6-11(18)20-7-21-3)13(19)10-4-9(14)5-16(10)12/h4-5,8H,6-7H2,1-3H3. The first-order chi connectivity index (χ1) is 9.93. The number of fused-ring (bicyclic) bond motifs is 1. The number of aromatic nitrogens is 3. The summed E-state index contributed by atoms with van der Waals surface area (Å²) in [5.41, 5.74) is 0.0313. The minimum atomic E-state index is -0.490. The molecule has 0 fully saturated rings. The number of carbonyl (C=O) groups excluding carboxylic acids is 1. The van der Waals surface area contributed by atoms with Crippen molar-refractivity contribution in [1.82, 2.24) is 14.2 Å². The van der Waals surface area contributed by atoms with E-state index < -0.39 is 5.97 Å². The molecule has 2 heterocycles. The van der Waals surface area contributed by atoms with Gasteiger partial charge in [-0.05, 0) is 12.3 Å². The Bertz CT molecular complexity index is 723. The first kappa shape index (κ1) is 15.9. The van der Waals surface area contributed by atoms with Gasteiger partial charge < -0.3 is 4.74 Å². The maximum absolute atomic E-state index is 12.3. The highest BCUT2D eigenvalue weighted by atomic mass is 35.5. The largest absolute Gasteiger partial charge is 0.453 e. The van der Waals surface area contributed by atoms with Crippen molar-refractivity contribution in [2.24, 2.45) is 0 Å². The van der Waals surface area contributed by atoms with Crippen LogP contribution in [0.5, 0.6) is 0 Å². The van der Waals surface area contributed by atoms with Crippen LogP contribution in [0.15, 0.2) is 17.1 Å². The first-order valence-electron chi connectivity index (χ1n) is 6.37.